The quantitative estimate of drug-likeness (QED) is 0.758. The normalized spacial score (nSPS) is 14.6. The molecule has 1 amide bonds. The third-order valence-electron chi connectivity index (χ3n) is 4.98. The highest BCUT2D eigenvalue weighted by Gasteiger charge is 2.29. The Bertz CT molecular complexity index is 922. The zero-order chi connectivity index (χ0) is 19.0. The minimum absolute atomic E-state index is 0.0294. The maximum atomic E-state index is 12.7. The molecule has 2 aromatic heterocycles. The molecule has 0 spiro atoms. The van der Waals surface area contributed by atoms with Crippen molar-refractivity contribution >= 4 is 11.9 Å². The van der Waals surface area contributed by atoms with Gasteiger partial charge in [-0.2, -0.15) is 5.10 Å². The standard InChI is InChI=1S/C18H22N4O4/c1-9-14(10(2)21-20-9)15(18(25)26)19-16(23)12-8-11-6-4-5-7-13(11)22(3)17(12)24/h8,15H,4-7H2,1-3H3,(H,19,23)(H,20,21)(H,25,26)/t15-/m0/s1. The first-order chi connectivity index (χ1) is 12.3. The smallest absolute Gasteiger partial charge is 0.331 e. The number of H-pyrrole nitrogens is 1. The lowest BCUT2D eigenvalue weighted by Gasteiger charge is -2.21. The van der Waals surface area contributed by atoms with Gasteiger partial charge in [-0.05, 0) is 51.2 Å². The van der Waals surface area contributed by atoms with E-state index < -0.39 is 23.5 Å². The molecule has 0 aromatic carbocycles. The van der Waals surface area contributed by atoms with Gasteiger partial charge in [-0.3, -0.25) is 14.7 Å². The Hall–Kier alpha value is -2.90. The van der Waals surface area contributed by atoms with Crippen LogP contribution in [0.25, 0.3) is 0 Å². The van der Waals surface area contributed by atoms with Crippen molar-refractivity contribution in [3.05, 3.63) is 50.2 Å². The van der Waals surface area contributed by atoms with Crippen LogP contribution in [0.15, 0.2) is 10.9 Å². The third kappa shape index (κ3) is 3.02. The summed E-state index contributed by atoms with van der Waals surface area (Å²) in [7, 11) is 1.66. The summed E-state index contributed by atoms with van der Waals surface area (Å²) in [6.45, 7) is 3.36. The summed E-state index contributed by atoms with van der Waals surface area (Å²) in [5, 5.41) is 18.7. The number of aromatic amines is 1. The third-order valence-corrected chi connectivity index (χ3v) is 4.98. The molecule has 8 nitrogen and oxygen atoms in total. The monoisotopic (exact) mass is 358 g/mol. The van der Waals surface area contributed by atoms with Gasteiger partial charge in [0.1, 0.15) is 5.56 Å². The molecule has 138 valence electrons. The van der Waals surface area contributed by atoms with Gasteiger partial charge < -0.3 is 15.0 Å². The maximum absolute atomic E-state index is 12.7. The van der Waals surface area contributed by atoms with Crippen molar-refractivity contribution < 1.29 is 14.7 Å². The molecular weight excluding hydrogens is 336 g/mol. The first kappa shape index (κ1) is 17.9. The van der Waals surface area contributed by atoms with Gasteiger partial charge in [0.2, 0.25) is 0 Å². The largest absolute Gasteiger partial charge is 0.479 e. The lowest BCUT2D eigenvalue weighted by atomic mass is 9.94. The van der Waals surface area contributed by atoms with Gasteiger partial charge in [-0.1, -0.05) is 0 Å². The van der Waals surface area contributed by atoms with Crippen LogP contribution in [-0.2, 0) is 24.7 Å². The van der Waals surface area contributed by atoms with Crippen molar-refractivity contribution in [2.24, 2.45) is 7.05 Å². The number of aromatic nitrogens is 3. The van der Waals surface area contributed by atoms with E-state index in [0.29, 0.717) is 17.0 Å². The fraction of sp³-hybridized carbons (Fsp3) is 0.444. The van der Waals surface area contributed by atoms with E-state index in [1.807, 2.05) is 0 Å². The van der Waals surface area contributed by atoms with E-state index in [2.05, 4.69) is 15.5 Å². The fourth-order valence-electron chi connectivity index (χ4n) is 3.60. The van der Waals surface area contributed by atoms with Crippen LogP contribution in [0, 0.1) is 13.8 Å². The predicted octanol–water partition coefficient (Wildman–Crippen LogP) is 1.16. The number of hydrogen-bond acceptors (Lipinski definition) is 4. The highest BCUT2D eigenvalue weighted by atomic mass is 16.4. The number of nitrogens with zero attached hydrogens (tertiary/aromatic N) is 2. The number of pyridine rings is 1. The Morgan fingerprint density at radius 1 is 1.31 bits per heavy atom. The van der Waals surface area contributed by atoms with Crippen LogP contribution in [0.4, 0.5) is 0 Å². The molecule has 0 saturated heterocycles. The predicted molar refractivity (Wildman–Crippen MR) is 94.2 cm³/mol. The van der Waals surface area contributed by atoms with E-state index in [1.165, 1.54) is 4.57 Å². The molecule has 0 bridgehead atoms. The molecule has 3 rings (SSSR count). The average molecular weight is 358 g/mol. The number of fused-ring (bicyclic) bond motifs is 1. The number of nitrogens with one attached hydrogen (secondary N) is 2. The molecule has 2 heterocycles. The second kappa shape index (κ2) is 6.78. The van der Waals surface area contributed by atoms with Crippen LogP contribution in [0.5, 0.6) is 0 Å². The number of carboxylic acids is 1. The summed E-state index contributed by atoms with van der Waals surface area (Å²) >= 11 is 0. The van der Waals surface area contributed by atoms with E-state index >= 15 is 0 Å². The maximum Gasteiger partial charge on any atom is 0.331 e. The Labute approximate surface area is 150 Å². The van der Waals surface area contributed by atoms with Crippen LogP contribution >= 0.6 is 0 Å². The Morgan fingerprint density at radius 2 is 2.00 bits per heavy atom. The number of rotatable bonds is 4. The van der Waals surface area contributed by atoms with E-state index in [1.54, 1.807) is 27.0 Å². The Kier molecular flexibility index (Phi) is 4.67. The number of amides is 1. The van der Waals surface area contributed by atoms with Crippen molar-refractivity contribution in [3.8, 4) is 0 Å². The number of carbonyl (C=O) groups is 2. The van der Waals surface area contributed by atoms with Crippen LogP contribution in [0.2, 0.25) is 0 Å². The molecule has 0 saturated carbocycles. The highest BCUT2D eigenvalue weighted by molar-refractivity contribution is 5.96. The van der Waals surface area contributed by atoms with Gasteiger partial charge in [-0.25, -0.2) is 4.79 Å². The molecule has 26 heavy (non-hydrogen) atoms. The van der Waals surface area contributed by atoms with E-state index in [0.717, 1.165) is 36.9 Å². The molecular formula is C18H22N4O4. The van der Waals surface area contributed by atoms with Crippen LogP contribution in [0.3, 0.4) is 0 Å². The molecule has 1 aliphatic rings. The van der Waals surface area contributed by atoms with Crippen LogP contribution in [-0.4, -0.2) is 31.7 Å². The SMILES string of the molecule is Cc1n[nH]c(C)c1[C@H](NC(=O)c1cc2c(n(C)c1=O)CCCC2)C(=O)O. The summed E-state index contributed by atoms with van der Waals surface area (Å²) in [5.74, 6) is -1.90. The van der Waals surface area contributed by atoms with Gasteiger partial charge in [0, 0.05) is 24.0 Å². The highest BCUT2D eigenvalue weighted by Crippen LogP contribution is 2.22. The van der Waals surface area contributed by atoms with Gasteiger partial charge in [0.25, 0.3) is 11.5 Å². The topological polar surface area (TPSA) is 117 Å². The first-order valence-corrected chi connectivity index (χ1v) is 8.58. The molecule has 0 radical (unpaired) electrons. The van der Waals surface area contributed by atoms with Crippen molar-refractivity contribution in [2.45, 2.75) is 45.6 Å². The van der Waals surface area contributed by atoms with Crippen molar-refractivity contribution in [3.63, 3.8) is 0 Å². The minimum Gasteiger partial charge on any atom is -0.479 e. The zero-order valence-corrected chi connectivity index (χ0v) is 15.0. The lowest BCUT2D eigenvalue weighted by Crippen LogP contribution is -2.39. The van der Waals surface area contributed by atoms with E-state index in [9.17, 15) is 19.5 Å². The van der Waals surface area contributed by atoms with Crippen molar-refractivity contribution in [2.75, 3.05) is 0 Å². The lowest BCUT2D eigenvalue weighted by molar-refractivity contribution is -0.139. The molecule has 1 atom stereocenters. The molecule has 1 aliphatic carbocycles. The van der Waals surface area contributed by atoms with Gasteiger partial charge in [0.05, 0.1) is 5.69 Å². The summed E-state index contributed by atoms with van der Waals surface area (Å²) in [6, 6.07) is 0.335. The summed E-state index contributed by atoms with van der Waals surface area (Å²) in [5.41, 5.74) is 2.95. The first-order valence-electron chi connectivity index (χ1n) is 8.58. The van der Waals surface area contributed by atoms with Gasteiger partial charge >= 0.3 is 5.97 Å². The van der Waals surface area contributed by atoms with E-state index in [-0.39, 0.29) is 5.56 Å². The summed E-state index contributed by atoms with van der Waals surface area (Å²) < 4.78 is 1.51. The molecule has 0 unspecified atom stereocenters. The van der Waals surface area contributed by atoms with Crippen molar-refractivity contribution in [1.29, 1.82) is 0 Å². The van der Waals surface area contributed by atoms with Crippen LogP contribution in [0.1, 0.15) is 57.5 Å². The number of hydrogen-bond donors (Lipinski definition) is 3. The molecule has 0 fully saturated rings. The van der Waals surface area contributed by atoms with E-state index in [4.69, 9.17) is 0 Å². The molecule has 2 aromatic rings. The summed E-state index contributed by atoms with van der Waals surface area (Å²) in [6.07, 6.45) is 3.66. The minimum atomic E-state index is -1.28. The fourth-order valence-corrected chi connectivity index (χ4v) is 3.60. The Balaban J connectivity index is 1.98. The van der Waals surface area contributed by atoms with Gasteiger partial charge in [0.15, 0.2) is 6.04 Å². The molecule has 8 heteroatoms. The second-order valence-corrected chi connectivity index (χ2v) is 6.69. The van der Waals surface area contributed by atoms with Crippen LogP contribution < -0.4 is 10.9 Å². The number of carbonyl (C=O) groups excluding carboxylic acids is 1. The molecule has 3 N–H and O–H groups in total. The number of carboxylic acid groups (broad SMARTS) is 1. The second-order valence-electron chi connectivity index (χ2n) is 6.69. The summed E-state index contributed by atoms with van der Waals surface area (Å²) in [4.78, 5) is 37.0. The Morgan fingerprint density at radius 3 is 2.62 bits per heavy atom. The van der Waals surface area contributed by atoms with Crippen molar-refractivity contribution in [1.82, 2.24) is 20.1 Å². The number of aliphatic carboxylic acids is 1. The zero-order valence-electron chi connectivity index (χ0n) is 15.0. The van der Waals surface area contributed by atoms with Gasteiger partial charge in [-0.15, -0.1) is 0 Å². The average Bonchev–Trinajstić information content (AvgIpc) is 2.94. The molecule has 0 aliphatic heterocycles. The number of aryl methyl sites for hydroxylation is 3.